The van der Waals surface area contributed by atoms with Crippen LogP contribution in [0.4, 0.5) is 0 Å². The minimum absolute atomic E-state index is 0.0780. The van der Waals surface area contributed by atoms with Gasteiger partial charge in [0.25, 0.3) is 0 Å². The van der Waals surface area contributed by atoms with Gasteiger partial charge in [-0.3, -0.25) is 9.69 Å². The summed E-state index contributed by atoms with van der Waals surface area (Å²) >= 11 is 0. The Balaban J connectivity index is 2.02. The van der Waals surface area contributed by atoms with Crippen molar-refractivity contribution in [2.45, 2.75) is 18.9 Å². The quantitative estimate of drug-likeness (QED) is 0.800. The molecule has 1 fully saturated rings. The minimum Gasteiger partial charge on any atom is -0.497 e. The van der Waals surface area contributed by atoms with Gasteiger partial charge in [-0.25, -0.2) is 0 Å². The van der Waals surface area contributed by atoms with Crippen molar-refractivity contribution in [1.82, 2.24) is 4.90 Å². The summed E-state index contributed by atoms with van der Waals surface area (Å²) in [6.45, 7) is 1.39. The predicted octanol–water partition coefficient (Wildman–Crippen LogP) is 1.33. The molecule has 0 aromatic heterocycles. The Hall–Kier alpha value is -1.39. The standard InChI is InChI=1S/C14H19NO3/c1-18-13-6-2-4-11(8-13)14(17)9-15-7-3-5-12(15)10-16/h2,4,6,8,12,16H,3,5,7,9-10H2,1H3. The molecule has 1 saturated heterocycles. The van der Waals surface area contributed by atoms with Crippen LogP contribution in [0.25, 0.3) is 0 Å². The molecule has 0 spiro atoms. The highest BCUT2D eigenvalue weighted by atomic mass is 16.5. The molecule has 4 nitrogen and oxygen atoms in total. The van der Waals surface area contributed by atoms with Crippen molar-refractivity contribution < 1.29 is 14.6 Å². The molecule has 1 aromatic carbocycles. The van der Waals surface area contributed by atoms with E-state index >= 15 is 0 Å². The third-order valence-electron chi connectivity index (χ3n) is 3.45. The lowest BCUT2D eigenvalue weighted by atomic mass is 10.1. The number of methoxy groups -OCH3 is 1. The Morgan fingerprint density at radius 1 is 1.56 bits per heavy atom. The summed E-state index contributed by atoms with van der Waals surface area (Å²) in [5.41, 5.74) is 0.665. The zero-order valence-electron chi connectivity index (χ0n) is 10.6. The highest BCUT2D eigenvalue weighted by Crippen LogP contribution is 2.18. The van der Waals surface area contributed by atoms with Crippen LogP contribution in [0.15, 0.2) is 24.3 Å². The fourth-order valence-corrected chi connectivity index (χ4v) is 2.38. The van der Waals surface area contributed by atoms with Gasteiger partial charge in [0.05, 0.1) is 20.3 Å². The topological polar surface area (TPSA) is 49.8 Å². The molecule has 98 valence electrons. The van der Waals surface area contributed by atoms with Crippen molar-refractivity contribution in [3.63, 3.8) is 0 Å². The number of likely N-dealkylation sites (tertiary alicyclic amines) is 1. The molecule has 1 atom stereocenters. The molecule has 0 amide bonds. The van der Waals surface area contributed by atoms with Crippen LogP contribution < -0.4 is 4.74 Å². The van der Waals surface area contributed by atoms with Gasteiger partial charge in [-0.1, -0.05) is 12.1 Å². The fraction of sp³-hybridized carbons (Fsp3) is 0.500. The van der Waals surface area contributed by atoms with E-state index in [4.69, 9.17) is 4.74 Å². The Morgan fingerprint density at radius 3 is 3.11 bits per heavy atom. The molecule has 1 heterocycles. The molecule has 1 aromatic rings. The summed E-state index contributed by atoms with van der Waals surface area (Å²) in [6.07, 6.45) is 2.03. The van der Waals surface area contributed by atoms with E-state index in [1.165, 1.54) is 0 Å². The number of benzene rings is 1. The largest absolute Gasteiger partial charge is 0.497 e. The average Bonchev–Trinajstić information content (AvgIpc) is 2.86. The van der Waals surface area contributed by atoms with Crippen LogP contribution in [0.5, 0.6) is 5.75 Å². The summed E-state index contributed by atoms with van der Waals surface area (Å²) in [7, 11) is 1.59. The number of ether oxygens (including phenoxy) is 1. The maximum atomic E-state index is 12.2. The van der Waals surface area contributed by atoms with Crippen molar-refractivity contribution in [2.24, 2.45) is 0 Å². The SMILES string of the molecule is COc1cccc(C(=O)CN2CCCC2CO)c1. The van der Waals surface area contributed by atoms with Gasteiger partial charge in [0.2, 0.25) is 0 Å². The lowest BCUT2D eigenvalue weighted by molar-refractivity contribution is 0.0887. The first-order valence-corrected chi connectivity index (χ1v) is 6.26. The lowest BCUT2D eigenvalue weighted by Crippen LogP contribution is -2.36. The summed E-state index contributed by atoms with van der Waals surface area (Å²) in [5.74, 6) is 0.773. The molecule has 0 saturated carbocycles. The normalized spacial score (nSPS) is 20.0. The van der Waals surface area contributed by atoms with Gasteiger partial charge in [-0.15, -0.1) is 0 Å². The summed E-state index contributed by atoms with van der Waals surface area (Å²) < 4.78 is 5.11. The van der Waals surface area contributed by atoms with Crippen molar-refractivity contribution in [1.29, 1.82) is 0 Å². The van der Waals surface area contributed by atoms with E-state index in [-0.39, 0.29) is 18.4 Å². The van der Waals surface area contributed by atoms with Crippen LogP contribution >= 0.6 is 0 Å². The van der Waals surface area contributed by atoms with Crippen LogP contribution in [-0.4, -0.2) is 48.6 Å². The molecule has 1 aliphatic rings. The Labute approximate surface area is 107 Å². The van der Waals surface area contributed by atoms with Crippen molar-refractivity contribution in [3.05, 3.63) is 29.8 Å². The molecule has 0 aliphatic carbocycles. The first-order chi connectivity index (χ1) is 8.74. The van der Waals surface area contributed by atoms with E-state index in [0.29, 0.717) is 17.9 Å². The van der Waals surface area contributed by atoms with Gasteiger partial charge < -0.3 is 9.84 Å². The molecular formula is C14H19NO3. The smallest absolute Gasteiger partial charge is 0.176 e. The van der Waals surface area contributed by atoms with Crippen LogP contribution in [0.2, 0.25) is 0 Å². The number of rotatable bonds is 5. The average molecular weight is 249 g/mol. The van der Waals surface area contributed by atoms with Crippen molar-refractivity contribution in [2.75, 3.05) is 26.8 Å². The summed E-state index contributed by atoms with van der Waals surface area (Å²) in [4.78, 5) is 14.2. The first-order valence-electron chi connectivity index (χ1n) is 6.26. The molecule has 2 rings (SSSR count). The van der Waals surface area contributed by atoms with Crippen LogP contribution in [0.3, 0.4) is 0 Å². The maximum Gasteiger partial charge on any atom is 0.176 e. The molecule has 1 unspecified atom stereocenters. The highest BCUT2D eigenvalue weighted by molar-refractivity contribution is 5.98. The van der Waals surface area contributed by atoms with Gasteiger partial charge in [-0.2, -0.15) is 0 Å². The minimum atomic E-state index is 0.0780. The van der Waals surface area contributed by atoms with Crippen LogP contribution in [0.1, 0.15) is 23.2 Å². The lowest BCUT2D eigenvalue weighted by Gasteiger charge is -2.21. The number of aliphatic hydroxyl groups excluding tert-OH is 1. The van der Waals surface area contributed by atoms with Crippen molar-refractivity contribution in [3.8, 4) is 5.75 Å². The maximum absolute atomic E-state index is 12.2. The second-order valence-corrected chi connectivity index (χ2v) is 4.60. The van der Waals surface area contributed by atoms with E-state index in [9.17, 15) is 9.90 Å². The number of carbonyl (C=O) groups is 1. The van der Waals surface area contributed by atoms with Crippen LogP contribution in [-0.2, 0) is 0 Å². The second kappa shape index (κ2) is 5.98. The predicted molar refractivity (Wildman–Crippen MR) is 69.0 cm³/mol. The van der Waals surface area contributed by atoms with Gasteiger partial charge in [0, 0.05) is 11.6 Å². The first kappa shape index (κ1) is 13.1. The van der Waals surface area contributed by atoms with E-state index in [2.05, 4.69) is 4.90 Å². The number of aliphatic hydroxyl groups is 1. The molecule has 1 aliphatic heterocycles. The number of hydrogen-bond donors (Lipinski definition) is 1. The summed E-state index contributed by atoms with van der Waals surface area (Å²) in [5, 5.41) is 9.23. The molecule has 1 N–H and O–H groups in total. The number of ketones is 1. The van der Waals surface area contributed by atoms with E-state index in [1.807, 2.05) is 12.1 Å². The number of hydrogen-bond acceptors (Lipinski definition) is 4. The molecule has 0 radical (unpaired) electrons. The number of Topliss-reactive ketones (excluding diaryl/α,β-unsaturated/α-hetero) is 1. The molecule has 4 heteroatoms. The molecule has 18 heavy (non-hydrogen) atoms. The molecular weight excluding hydrogens is 230 g/mol. The number of nitrogens with zero attached hydrogens (tertiary/aromatic N) is 1. The van der Waals surface area contributed by atoms with Crippen molar-refractivity contribution >= 4 is 5.78 Å². The summed E-state index contributed by atoms with van der Waals surface area (Å²) in [6, 6.07) is 7.34. The third-order valence-corrected chi connectivity index (χ3v) is 3.45. The Kier molecular flexibility index (Phi) is 4.33. The van der Waals surface area contributed by atoms with Gasteiger partial charge in [-0.05, 0) is 31.5 Å². The Morgan fingerprint density at radius 2 is 2.39 bits per heavy atom. The zero-order chi connectivity index (χ0) is 13.0. The monoisotopic (exact) mass is 249 g/mol. The number of carbonyl (C=O) groups excluding carboxylic acids is 1. The van der Waals surface area contributed by atoms with E-state index in [1.54, 1.807) is 19.2 Å². The van der Waals surface area contributed by atoms with Gasteiger partial charge in [0.15, 0.2) is 5.78 Å². The Bertz CT molecular complexity index is 419. The third kappa shape index (κ3) is 2.89. The van der Waals surface area contributed by atoms with E-state index in [0.717, 1.165) is 19.4 Å². The second-order valence-electron chi connectivity index (χ2n) is 4.60. The highest BCUT2D eigenvalue weighted by Gasteiger charge is 2.25. The molecule has 0 bridgehead atoms. The van der Waals surface area contributed by atoms with Gasteiger partial charge in [0.1, 0.15) is 5.75 Å². The van der Waals surface area contributed by atoms with E-state index < -0.39 is 0 Å². The van der Waals surface area contributed by atoms with Gasteiger partial charge >= 0.3 is 0 Å². The zero-order valence-corrected chi connectivity index (χ0v) is 10.6. The fourth-order valence-electron chi connectivity index (χ4n) is 2.38. The van der Waals surface area contributed by atoms with Crippen LogP contribution in [0, 0.1) is 0 Å².